The number of nitrogens with zero attached hydrogens (tertiary/aromatic N) is 4. The highest BCUT2D eigenvalue weighted by Gasteiger charge is 2.33. The molecule has 3 heterocycles. The number of amides is 2. The summed E-state index contributed by atoms with van der Waals surface area (Å²) in [5, 5.41) is 9.75. The predicted molar refractivity (Wildman–Crippen MR) is 126 cm³/mol. The van der Waals surface area contributed by atoms with Gasteiger partial charge in [0.25, 0.3) is 5.91 Å². The van der Waals surface area contributed by atoms with Crippen LogP contribution in [0.2, 0.25) is 0 Å². The van der Waals surface area contributed by atoms with E-state index in [-0.39, 0.29) is 23.5 Å². The molecule has 33 heavy (non-hydrogen) atoms. The first kappa shape index (κ1) is 22.5. The number of carbonyl (C=O) groups excluding carboxylic acids is 2. The van der Waals surface area contributed by atoms with Gasteiger partial charge in [0.15, 0.2) is 0 Å². The van der Waals surface area contributed by atoms with Crippen LogP contribution in [-0.2, 0) is 11.2 Å². The van der Waals surface area contributed by atoms with Crippen LogP contribution in [0.3, 0.4) is 0 Å². The molecule has 1 saturated heterocycles. The van der Waals surface area contributed by atoms with Gasteiger partial charge in [0.1, 0.15) is 5.75 Å². The van der Waals surface area contributed by atoms with Crippen LogP contribution >= 0.6 is 0 Å². The molecule has 170 valence electrons. The molecule has 1 aromatic carbocycles. The molecule has 1 atom stereocenters. The lowest BCUT2D eigenvalue weighted by Gasteiger charge is -2.24. The summed E-state index contributed by atoms with van der Waals surface area (Å²) < 4.78 is 0. The predicted octanol–water partition coefficient (Wildman–Crippen LogP) is 3.40. The molecule has 1 N–H and O–H groups in total. The Morgan fingerprint density at radius 2 is 1.94 bits per heavy atom. The van der Waals surface area contributed by atoms with Crippen LogP contribution in [0.15, 0.2) is 67.3 Å². The summed E-state index contributed by atoms with van der Waals surface area (Å²) in [5.41, 5.74) is 3.41. The molecule has 1 aliphatic heterocycles. The van der Waals surface area contributed by atoms with Gasteiger partial charge in [-0.2, -0.15) is 0 Å². The molecule has 0 spiro atoms. The van der Waals surface area contributed by atoms with Crippen LogP contribution in [0.1, 0.15) is 29.3 Å². The fourth-order valence-electron chi connectivity index (χ4n) is 4.37. The number of pyridine rings is 2. The molecule has 2 aromatic heterocycles. The third-order valence-corrected chi connectivity index (χ3v) is 5.95. The zero-order valence-corrected chi connectivity index (χ0v) is 18.7. The van der Waals surface area contributed by atoms with Gasteiger partial charge in [-0.15, -0.1) is 0 Å². The van der Waals surface area contributed by atoms with Crippen LogP contribution < -0.4 is 0 Å². The van der Waals surface area contributed by atoms with Crippen LogP contribution in [-0.4, -0.2) is 62.9 Å². The zero-order valence-electron chi connectivity index (χ0n) is 18.7. The SMILES string of the molecule is CCCN1CCN(C(=O)c2cncc(O)c2)C[C@H](Cc2ccccc2-c2cccnc2)C1=O. The minimum atomic E-state index is -0.369. The summed E-state index contributed by atoms with van der Waals surface area (Å²) in [6.07, 6.45) is 7.68. The van der Waals surface area contributed by atoms with Gasteiger partial charge in [-0.3, -0.25) is 19.6 Å². The van der Waals surface area contributed by atoms with Crippen LogP contribution in [0.5, 0.6) is 5.75 Å². The first-order chi connectivity index (χ1) is 16.1. The van der Waals surface area contributed by atoms with Crippen molar-refractivity contribution in [1.82, 2.24) is 19.8 Å². The Labute approximate surface area is 193 Å². The molecule has 0 unspecified atom stereocenters. The molecule has 0 bridgehead atoms. The lowest BCUT2D eigenvalue weighted by Crippen LogP contribution is -2.38. The molecule has 7 nitrogen and oxygen atoms in total. The molecule has 1 fully saturated rings. The van der Waals surface area contributed by atoms with Gasteiger partial charge in [-0.05, 0) is 36.1 Å². The van der Waals surface area contributed by atoms with E-state index in [4.69, 9.17) is 0 Å². The second-order valence-electron chi connectivity index (χ2n) is 8.31. The van der Waals surface area contributed by atoms with Crippen molar-refractivity contribution in [3.63, 3.8) is 0 Å². The van der Waals surface area contributed by atoms with E-state index >= 15 is 0 Å². The maximum atomic E-state index is 13.5. The third kappa shape index (κ3) is 5.19. The molecule has 4 rings (SSSR count). The Kier molecular flexibility index (Phi) is 6.98. The summed E-state index contributed by atoms with van der Waals surface area (Å²) in [6, 6.07) is 13.4. The Hall–Kier alpha value is -3.74. The first-order valence-electron chi connectivity index (χ1n) is 11.3. The minimum absolute atomic E-state index is 0.0543. The summed E-state index contributed by atoms with van der Waals surface area (Å²) in [7, 11) is 0. The van der Waals surface area contributed by atoms with Crippen LogP contribution in [0.4, 0.5) is 0 Å². The first-order valence-corrected chi connectivity index (χ1v) is 11.3. The molecule has 0 radical (unpaired) electrons. The van der Waals surface area contributed by atoms with Crippen molar-refractivity contribution in [3.8, 4) is 16.9 Å². The summed E-state index contributed by atoms with van der Waals surface area (Å²) in [4.78, 5) is 38.4. The van der Waals surface area contributed by atoms with E-state index < -0.39 is 0 Å². The Balaban J connectivity index is 1.64. The van der Waals surface area contributed by atoms with Crippen LogP contribution in [0, 0.1) is 5.92 Å². The van der Waals surface area contributed by atoms with Gasteiger partial charge < -0.3 is 14.9 Å². The highest BCUT2D eigenvalue weighted by atomic mass is 16.3. The topological polar surface area (TPSA) is 86.6 Å². The summed E-state index contributed by atoms with van der Waals surface area (Å²) in [5.74, 6) is -0.579. The second-order valence-corrected chi connectivity index (χ2v) is 8.31. The summed E-state index contributed by atoms with van der Waals surface area (Å²) in [6.45, 7) is 3.96. The maximum Gasteiger partial charge on any atom is 0.255 e. The molecule has 2 amide bonds. The monoisotopic (exact) mass is 444 g/mol. The van der Waals surface area contributed by atoms with Crippen molar-refractivity contribution in [1.29, 1.82) is 0 Å². The molecule has 1 aliphatic rings. The summed E-state index contributed by atoms with van der Waals surface area (Å²) >= 11 is 0. The zero-order chi connectivity index (χ0) is 23.2. The molecule has 7 heteroatoms. The molecular weight excluding hydrogens is 416 g/mol. The number of carbonyl (C=O) groups is 2. The quantitative estimate of drug-likeness (QED) is 0.630. The van der Waals surface area contributed by atoms with Crippen molar-refractivity contribution in [2.45, 2.75) is 19.8 Å². The number of hydrogen-bond acceptors (Lipinski definition) is 5. The van der Waals surface area contributed by atoms with Gasteiger partial charge in [-0.25, -0.2) is 0 Å². The smallest absolute Gasteiger partial charge is 0.255 e. The van der Waals surface area contributed by atoms with Gasteiger partial charge in [-0.1, -0.05) is 37.3 Å². The second kappa shape index (κ2) is 10.3. The largest absolute Gasteiger partial charge is 0.506 e. The molecule has 3 aromatic rings. The standard InChI is InChI=1S/C26H28N4O3/c1-2-10-29-11-12-30(25(32)21-14-23(31)17-28-16-21)18-22(26(29)33)13-19-6-3-4-8-24(19)20-7-5-9-27-15-20/h3-9,14-17,22,31H,2,10-13,18H2,1H3/t22-/m0/s1. The van der Waals surface area contributed by atoms with Gasteiger partial charge in [0, 0.05) is 50.3 Å². The van der Waals surface area contributed by atoms with Gasteiger partial charge >= 0.3 is 0 Å². The minimum Gasteiger partial charge on any atom is -0.506 e. The van der Waals surface area contributed by atoms with E-state index in [2.05, 4.69) is 9.97 Å². The van der Waals surface area contributed by atoms with E-state index in [1.807, 2.05) is 54.4 Å². The number of hydrogen-bond donors (Lipinski definition) is 1. The van der Waals surface area contributed by atoms with Crippen molar-refractivity contribution in [3.05, 3.63) is 78.4 Å². The van der Waals surface area contributed by atoms with Crippen molar-refractivity contribution < 1.29 is 14.7 Å². The normalized spacial score (nSPS) is 16.5. The fourth-order valence-corrected chi connectivity index (χ4v) is 4.37. The van der Waals surface area contributed by atoms with E-state index in [9.17, 15) is 14.7 Å². The van der Waals surface area contributed by atoms with Crippen molar-refractivity contribution in [2.75, 3.05) is 26.2 Å². The number of aromatic hydroxyl groups is 1. The number of aromatic nitrogens is 2. The average molecular weight is 445 g/mol. The lowest BCUT2D eigenvalue weighted by molar-refractivity contribution is -0.134. The van der Waals surface area contributed by atoms with Crippen LogP contribution in [0.25, 0.3) is 11.1 Å². The number of rotatable bonds is 6. The van der Waals surface area contributed by atoms with Crippen molar-refractivity contribution in [2.24, 2.45) is 5.92 Å². The molecular formula is C26H28N4O3. The highest BCUT2D eigenvalue weighted by molar-refractivity contribution is 5.95. The van der Waals surface area contributed by atoms with Gasteiger partial charge in [0.2, 0.25) is 5.91 Å². The van der Waals surface area contributed by atoms with E-state index in [0.29, 0.717) is 38.2 Å². The average Bonchev–Trinajstić information content (AvgIpc) is 2.99. The molecule has 0 saturated carbocycles. The van der Waals surface area contributed by atoms with E-state index in [0.717, 1.165) is 23.1 Å². The Bertz CT molecular complexity index is 1120. The molecule has 0 aliphatic carbocycles. The fraction of sp³-hybridized carbons (Fsp3) is 0.308. The third-order valence-electron chi connectivity index (χ3n) is 5.95. The number of benzene rings is 1. The van der Waals surface area contributed by atoms with E-state index in [1.165, 1.54) is 18.5 Å². The van der Waals surface area contributed by atoms with Gasteiger partial charge in [0.05, 0.1) is 17.7 Å². The Morgan fingerprint density at radius 1 is 1.09 bits per heavy atom. The highest BCUT2D eigenvalue weighted by Crippen LogP contribution is 2.27. The Morgan fingerprint density at radius 3 is 2.70 bits per heavy atom. The van der Waals surface area contributed by atoms with Crippen molar-refractivity contribution >= 4 is 11.8 Å². The maximum absolute atomic E-state index is 13.5. The lowest BCUT2D eigenvalue weighted by atomic mass is 9.91. The van der Waals surface area contributed by atoms with E-state index in [1.54, 1.807) is 11.1 Å².